The molecular weight excluding hydrogens is 378 g/mol. The van der Waals surface area contributed by atoms with E-state index >= 15 is 0 Å². The Morgan fingerprint density at radius 3 is 2.62 bits per heavy atom. The van der Waals surface area contributed by atoms with Gasteiger partial charge in [-0.1, -0.05) is 12.1 Å². The Kier molecular flexibility index (Phi) is 5.44. The lowest BCUT2D eigenvalue weighted by atomic mass is 10.1. The van der Waals surface area contributed by atoms with Gasteiger partial charge in [-0.3, -0.25) is 9.78 Å². The average molecular weight is 396 g/mol. The molecule has 0 unspecified atom stereocenters. The Morgan fingerprint density at radius 2 is 1.90 bits per heavy atom. The van der Waals surface area contributed by atoms with Gasteiger partial charge in [-0.15, -0.1) is 0 Å². The summed E-state index contributed by atoms with van der Waals surface area (Å²) in [7, 11) is 0. The van der Waals surface area contributed by atoms with Crippen molar-refractivity contribution in [3.05, 3.63) is 72.2 Å². The van der Waals surface area contributed by atoms with Crippen molar-refractivity contribution < 1.29 is 18.3 Å². The molecule has 2 N–H and O–H groups in total. The van der Waals surface area contributed by atoms with Gasteiger partial charge in [0.2, 0.25) is 0 Å². The molecule has 1 aliphatic rings. The Hall–Kier alpha value is -3.39. The van der Waals surface area contributed by atoms with Gasteiger partial charge in [0.15, 0.2) is 0 Å². The molecular formula is C21H18F2N4O2. The number of benzene rings is 1. The summed E-state index contributed by atoms with van der Waals surface area (Å²) >= 11 is 0. The topological polar surface area (TPSA) is 76.1 Å². The maximum absolute atomic E-state index is 14.0. The first-order valence-corrected chi connectivity index (χ1v) is 9.12. The Bertz CT molecular complexity index is 1020. The first-order valence-electron chi connectivity index (χ1n) is 9.12. The molecule has 0 saturated carbocycles. The molecule has 1 amide bonds. The number of aromatic nitrogens is 2. The molecule has 0 radical (unpaired) electrons. The number of rotatable bonds is 6. The van der Waals surface area contributed by atoms with Crippen molar-refractivity contribution in [3.8, 4) is 17.0 Å². The van der Waals surface area contributed by atoms with E-state index in [0.717, 1.165) is 25.2 Å². The molecule has 0 spiro atoms. The molecule has 3 aromatic rings. The van der Waals surface area contributed by atoms with Crippen molar-refractivity contribution in [2.45, 2.75) is 0 Å². The molecule has 1 saturated heterocycles. The number of carbonyl (C=O) groups excluding carboxylic acids is 1. The van der Waals surface area contributed by atoms with Crippen LogP contribution in [0.15, 0.2) is 54.9 Å². The van der Waals surface area contributed by atoms with Gasteiger partial charge < -0.3 is 15.4 Å². The zero-order valence-electron chi connectivity index (χ0n) is 15.4. The van der Waals surface area contributed by atoms with E-state index in [1.807, 2.05) is 0 Å². The van der Waals surface area contributed by atoms with Crippen LogP contribution in [0, 0.1) is 17.6 Å². The number of ether oxygens (including phenoxy) is 1. The molecule has 2 aromatic heterocycles. The molecule has 29 heavy (non-hydrogen) atoms. The summed E-state index contributed by atoms with van der Waals surface area (Å²) in [5.41, 5.74) is 0.173. The highest BCUT2D eigenvalue weighted by Gasteiger charge is 2.19. The number of amides is 1. The van der Waals surface area contributed by atoms with Crippen LogP contribution in [-0.4, -0.2) is 35.6 Å². The zero-order valence-corrected chi connectivity index (χ0v) is 15.4. The summed E-state index contributed by atoms with van der Waals surface area (Å²) < 4.78 is 33.9. The normalized spacial score (nSPS) is 13.6. The summed E-state index contributed by atoms with van der Waals surface area (Å²) in [6.45, 7) is 2.33. The highest BCUT2D eigenvalue weighted by molar-refractivity contribution is 6.03. The van der Waals surface area contributed by atoms with Crippen LogP contribution in [0.25, 0.3) is 11.3 Å². The highest BCUT2D eigenvalue weighted by atomic mass is 19.1. The van der Waals surface area contributed by atoms with Gasteiger partial charge in [-0.2, -0.15) is 0 Å². The molecule has 1 fully saturated rings. The van der Waals surface area contributed by atoms with Crippen molar-refractivity contribution in [2.24, 2.45) is 5.92 Å². The summed E-state index contributed by atoms with van der Waals surface area (Å²) in [4.78, 5) is 20.8. The number of anilines is 1. The number of halogens is 2. The lowest BCUT2D eigenvalue weighted by Crippen LogP contribution is -2.45. The SMILES string of the molecule is O=C(Nc1cnccc1OCC1CNC1)c1cccc(-c2c(F)cccc2F)n1. The zero-order chi connectivity index (χ0) is 20.2. The maximum Gasteiger partial charge on any atom is 0.274 e. The fourth-order valence-corrected chi connectivity index (χ4v) is 2.90. The van der Waals surface area contributed by atoms with Crippen LogP contribution in [0.3, 0.4) is 0 Å². The third-order valence-corrected chi connectivity index (χ3v) is 4.57. The third kappa shape index (κ3) is 4.22. The van der Waals surface area contributed by atoms with Crippen molar-refractivity contribution in [1.82, 2.24) is 15.3 Å². The fraction of sp³-hybridized carbons (Fsp3) is 0.190. The Labute approximate surface area is 166 Å². The number of hydrogen-bond acceptors (Lipinski definition) is 5. The highest BCUT2D eigenvalue weighted by Crippen LogP contribution is 2.26. The minimum Gasteiger partial charge on any atom is -0.491 e. The van der Waals surface area contributed by atoms with E-state index in [1.165, 1.54) is 30.5 Å². The van der Waals surface area contributed by atoms with Gasteiger partial charge in [0.05, 0.1) is 24.1 Å². The molecule has 0 atom stereocenters. The number of pyridine rings is 2. The van der Waals surface area contributed by atoms with Gasteiger partial charge in [0.1, 0.15) is 28.8 Å². The fourth-order valence-electron chi connectivity index (χ4n) is 2.90. The van der Waals surface area contributed by atoms with Crippen LogP contribution in [-0.2, 0) is 0 Å². The van der Waals surface area contributed by atoms with E-state index in [2.05, 4.69) is 20.6 Å². The minimum atomic E-state index is -0.747. The quantitative estimate of drug-likeness (QED) is 0.669. The molecule has 1 aromatic carbocycles. The third-order valence-electron chi connectivity index (χ3n) is 4.57. The van der Waals surface area contributed by atoms with Gasteiger partial charge in [0, 0.05) is 31.3 Å². The van der Waals surface area contributed by atoms with Crippen LogP contribution in [0.1, 0.15) is 10.5 Å². The standard InChI is InChI=1S/C21H18F2N4O2/c22-14-3-1-4-15(23)20(14)16-5-2-6-17(26-16)21(28)27-18-11-24-8-7-19(18)29-12-13-9-25-10-13/h1-8,11,13,25H,9-10,12H2,(H,27,28). The summed E-state index contributed by atoms with van der Waals surface area (Å²) in [6.07, 6.45) is 3.05. The van der Waals surface area contributed by atoms with Crippen LogP contribution < -0.4 is 15.4 Å². The van der Waals surface area contributed by atoms with Gasteiger partial charge in [-0.25, -0.2) is 13.8 Å². The molecule has 3 heterocycles. The van der Waals surface area contributed by atoms with E-state index in [1.54, 1.807) is 12.3 Å². The predicted octanol–water partition coefficient (Wildman–Crippen LogP) is 3.27. The van der Waals surface area contributed by atoms with Gasteiger partial charge >= 0.3 is 0 Å². The smallest absolute Gasteiger partial charge is 0.274 e. The van der Waals surface area contributed by atoms with Crippen molar-refractivity contribution >= 4 is 11.6 Å². The van der Waals surface area contributed by atoms with Gasteiger partial charge in [0.25, 0.3) is 5.91 Å². The van der Waals surface area contributed by atoms with E-state index in [-0.39, 0.29) is 17.0 Å². The molecule has 4 rings (SSSR count). The Morgan fingerprint density at radius 1 is 1.14 bits per heavy atom. The van der Waals surface area contributed by atoms with E-state index in [4.69, 9.17) is 4.74 Å². The second-order valence-corrected chi connectivity index (χ2v) is 6.67. The van der Waals surface area contributed by atoms with Crippen molar-refractivity contribution in [1.29, 1.82) is 0 Å². The molecule has 0 bridgehead atoms. The molecule has 1 aliphatic heterocycles. The van der Waals surface area contributed by atoms with E-state index < -0.39 is 17.5 Å². The van der Waals surface area contributed by atoms with E-state index in [9.17, 15) is 13.6 Å². The average Bonchev–Trinajstić information content (AvgIpc) is 2.68. The number of hydrogen-bond donors (Lipinski definition) is 2. The molecule has 6 nitrogen and oxygen atoms in total. The monoisotopic (exact) mass is 396 g/mol. The number of carbonyl (C=O) groups is 1. The summed E-state index contributed by atoms with van der Waals surface area (Å²) in [6, 6.07) is 9.66. The van der Waals surface area contributed by atoms with Crippen molar-refractivity contribution in [3.63, 3.8) is 0 Å². The van der Waals surface area contributed by atoms with Crippen LogP contribution in [0.2, 0.25) is 0 Å². The minimum absolute atomic E-state index is 0.0168. The number of nitrogens with zero attached hydrogens (tertiary/aromatic N) is 2. The predicted molar refractivity (Wildman–Crippen MR) is 104 cm³/mol. The summed E-state index contributed by atoms with van der Waals surface area (Å²) in [5.74, 6) is -1.10. The molecule has 8 heteroatoms. The lowest BCUT2D eigenvalue weighted by molar-refractivity contribution is 0.102. The largest absolute Gasteiger partial charge is 0.491 e. The summed E-state index contributed by atoms with van der Waals surface area (Å²) in [5, 5.41) is 5.87. The maximum atomic E-state index is 14.0. The van der Waals surface area contributed by atoms with E-state index in [0.29, 0.717) is 24.0 Å². The Balaban J connectivity index is 1.54. The van der Waals surface area contributed by atoms with Crippen LogP contribution >= 0.6 is 0 Å². The first kappa shape index (κ1) is 18.9. The lowest BCUT2D eigenvalue weighted by Gasteiger charge is -2.27. The van der Waals surface area contributed by atoms with Crippen LogP contribution in [0.4, 0.5) is 14.5 Å². The number of nitrogens with one attached hydrogen (secondary N) is 2. The second-order valence-electron chi connectivity index (χ2n) is 6.67. The van der Waals surface area contributed by atoms with Gasteiger partial charge in [-0.05, 0) is 24.3 Å². The molecule has 148 valence electrons. The first-order chi connectivity index (χ1) is 14.1. The van der Waals surface area contributed by atoms with Crippen molar-refractivity contribution in [2.75, 3.05) is 25.0 Å². The molecule has 0 aliphatic carbocycles. The second kappa shape index (κ2) is 8.32. The van der Waals surface area contributed by atoms with Crippen LogP contribution in [0.5, 0.6) is 5.75 Å².